The van der Waals surface area contributed by atoms with E-state index < -0.39 is 10.5 Å². The van der Waals surface area contributed by atoms with Crippen LogP contribution >= 0.6 is 0 Å². The Labute approximate surface area is 109 Å². The van der Waals surface area contributed by atoms with Crippen molar-refractivity contribution in [3.8, 4) is 0 Å². The first kappa shape index (κ1) is 13.2. The molecule has 0 aliphatic carbocycles. The predicted octanol–water partition coefficient (Wildman–Crippen LogP) is 1.81. The molecule has 19 heavy (non-hydrogen) atoms. The molecule has 1 aromatic heterocycles. The van der Waals surface area contributed by atoms with Crippen molar-refractivity contribution in [1.82, 2.24) is 4.90 Å². The summed E-state index contributed by atoms with van der Waals surface area (Å²) in [6.07, 6.45) is 0.526. The maximum Gasteiger partial charge on any atom is 0.336 e. The van der Waals surface area contributed by atoms with Crippen LogP contribution in [0.25, 0.3) is 11.0 Å². The molecule has 0 aliphatic rings. The molecule has 100 valence electrons. The molecular formula is C13H14N2O4. The van der Waals surface area contributed by atoms with Crippen LogP contribution < -0.4 is 5.63 Å². The molecule has 0 N–H and O–H groups in total. The zero-order valence-electron chi connectivity index (χ0n) is 10.8. The van der Waals surface area contributed by atoms with Crippen LogP contribution in [0, 0.1) is 10.1 Å². The Morgan fingerprint density at radius 1 is 1.32 bits per heavy atom. The molecule has 1 heterocycles. The third kappa shape index (κ3) is 2.97. The Morgan fingerprint density at radius 2 is 2.05 bits per heavy atom. The van der Waals surface area contributed by atoms with Crippen molar-refractivity contribution in [2.75, 3.05) is 20.6 Å². The summed E-state index contributed by atoms with van der Waals surface area (Å²) in [6.45, 7) is 0.684. The van der Waals surface area contributed by atoms with Crippen LogP contribution in [0.5, 0.6) is 0 Å². The van der Waals surface area contributed by atoms with Gasteiger partial charge in [-0.3, -0.25) is 10.1 Å². The molecule has 6 nitrogen and oxygen atoms in total. The molecule has 0 saturated heterocycles. The summed E-state index contributed by atoms with van der Waals surface area (Å²) in [4.78, 5) is 23.8. The van der Waals surface area contributed by atoms with Crippen molar-refractivity contribution in [2.45, 2.75) is 6.42 Å². The van der Waals surface area contributed by atoms with Crippen LogP contribution in [0.2, 0.25) is 0 Å². The molecule has 1 aromatic carbocycles. The third-order valence-electron chi connectivity index (χ3n) is 2.85. The van der Waals surface area contributed by atoms with Gasteiger partial charge in [-0.15, -0.1) is 0 Å². The topological polar surface area (TPSA) is 76.6 Å². The van der Waals surface area contributed by atoms with E-state index in [-0.39, 0.29) is 5.69 Å². The number of benzene rings is 1. The van der Waals surface area contributed by atoms with Crippen LogP contribution in [-0.4, -0.2) is 30.5 Å². The van der Waals surface area contributed by atoms with Gasteiger partial charge in [0.1, 0.15) is 5.58 Å². The first-order valence-electron chi connectivity index (χ1n) is 5.83. The van der Waals surface area contributed by atoms with Crippen molar-refractivity contribution < 1.29 is 9.34 Å². The smallest absolute Gasteiger partial charge is 0.336 e. The van der Waals surface area contributed by atoms with Gasteiger partial charge >= 0.3 is 5.63 Å². The quantitative estimate of drug-likeness (QED) is 0.477. The summed E-state index contributed by atoms with van der Waals surface area (Å²) in [7, 11) is 3.79. The van der Waals surface area contributed by atoms with Gasteiger partial charge in [0.15, 0.2) is 0 Å². The number of nitrogens with zero attached hydrogens (tertiary/aromatic N) is 2. The molecule has 0 amide bonds. The Balaban J connectivity index is 2.54. The fraction of sp³-hybridized carbons (Fsp3) is 0.308. The average molecular weight is 262 g/mol. The second kappa shape index (κ2) is 5.19. The van der Waals surface area contributed by atoms with Crippen molar-refractivity contribution in [1.29, 1.82) is 0 Å². The monoisotopic (exact) mass is 262 g/mol. The number of nitro groups is 1. The molecule has 0 bridgehead atoms. The average Bonchev–Trinajstić information content (AvgIpc) is 2.34. The summed E-state index contributed by atoms with van der Waals surface area (Å²) in [6, 6.07) is 5.82. The maximum atomic E-state index is 11.2. The Hall–Kier alpha value is -2.21. The second-order valence-corrected chi connectivity index (χ2v) is 4.58. The van der Waals surface area contributed by atoms with Crippen LogP contribution in [0.1, 0.15) is 5.56 Å². The fourth-order valence-corrected chi connectivity index (χ4v) is 1.86. The molecule has 2 aromatic rings. The van der Waals surface area contributed by atoms with E-state index in [0.29, 0.717) is 29.5 Å². The minimum atomic E-state index is -0.458. The third-order valence-corrected chi connectivity index (χ3v) is 2.85. The van der Waals surface area contributed by atoms with Crippen molar-refractivity contribution in [3.63, 3.8) is 0 Å². The van der Waals surface area contributed by atoms with Gasteiger partial charge in [0.2, 0.25) is 0 Å². The number of hydrogen-bond donors (Lipinski definition) is 0. The first-order valence-corrected chi connectivity index (χ1v) is 5.83. The SMILES string of the molecule is CN(C)CCc1cc2oc(=O)ccc2cc1[N+](=O)[O-]. The van der Waals surface area contributed by atoms with Gasteiger partial charge in [0.25, 0.3) is 5.69 Å². The van der Waals surface area contributed by atoms with Crippen LogP contribution in [-0.2, 0) is 6.42 Å². The molecule has 2 rings (SSSR count). The Morgan fingerprint density at radius 3 is 2.68 bits per heavy atom. The van der Waals surface area contributed by atoms with Gasteiger partial charge in [-0.1, -0.05) is 0 Å². The van der Waals surface area contributed by atoms with Crippen molar-refractivity contribution in [3.05, 3.63) is 50.4 Å². The van der Waals surface area contributed by atoms with Gasteiger partial charge in [-0.05, 0) is 32.6 Å². The van der Waals surface area contributed by atoms with Gasteiger partial charge in [-0.2, -0.15) is 0 Å². The van der Waals surface area contributed by atoms with E-state index in [1.54, 1.807) is 6.07 Å². The summed E-state index contributed by atoms with van der Waals surface area (Å²) < 4.78 is 5.05. The minimum Gasteiger partial charge on any atom is -0.423 e. The normalized spacial score (nSPS) is 11.1. The number of likely N-dealkylation sites (N-methyl/N-ethyl adjacent to an activating group) is 1. The van der Waals surface area contributed by atoms with Gasteiger partial charge in [0.05, 0.1) is 4.92 Å². The molecule has 0 saturated carbocycles. The van der Waals surface area contributed by atoms with E-state index in [1.165, 1.54) is 18.2 Å². The molecular weight excluding hydrogens is 248 g/mol. The van der Waals surface area contributed by atoms with E-state index in [1.807, 2.05) is 19.0 Å². The van der Waals surface area contributed by atoms with Crippen LogP contribution in [0.3, 0.4) is 0 Å². The highest BCUT2D eigenvalue weighted by Gasteiger charge is 2.16. The molecule has 0 radical (unpaired) electrons. The lowest BCUT2D eigenvalue weighted by atomic mass is 10.1. The van der Waals surface area contributed by atoms with Gasteiger partial charge in [-0.25, -0.2) is 4.79 Å². The standard InChI is InChI=1S/C13H14N2O4/c1-14(2)6-5-9-8-12-10(3-4-13(16)19-12)7-11(9)15(17)18/h3-4,7-8H,5-6H2,1-2H3. The van der Waals surface area contributed by atoms with E-state index >= 15 is 0 Å². The molecule has 0 fully saturated rings. The summed E-state index contributed by atoms with van der Waals surface area (Å²) >= 11 is 0. The molecule has 0 aliphatic heterocycles. The predicted molar refractivity (Wildman–Crippen MR) is 71.4 cm³/mol. The van der Waals surface area contributed by atoms with E-state index in [9.17, 15) is 14.9 Å². The number of hydrogen-bond acceptors (Lipinski definition) is 5. The number of nitro benzene ring substituents is 1. The molecule has 0 atom stereocenters. The van der Waals surface area contributed by atoms with Crippen molar-refractivity contribution >= 4 is 16.7 Å². The van der Waals surface area contributed by atoms with Gasteiger partial charge < -0.3 is 9.32 Å². The lowest BCUT2D eigenvalue weighted by Crippen LogP contribution is -2.15. The van der Waals surface area contributed by atoms with Gasteiger partial charge in [0, 0.05) is 29.6 Å². The minimum absolute atomic E-state index is 0.0585. The zero-order valence-corrected chi connectivity index (χ0v) is 10.8. The van der Waals surface area contributed by atoms with E-state index in [4.69, 9.17) is 4.42 Å². The highest BCUT2D eigenvalue weighted by atomic mass is 16.6. The summed E-state index contributed by atoms with van der Waals surface area (Å²) in [5, 5.41) is 11.6. The van der Waals surface area contributed by atoms with Crippen LogP contribution in [0.15, 0.2) is 33.5 Å². The Kier molecular flexibility index (Phi) is 3.62. The zero-order chi connectivity index (χ0) is 14.0. The Bertz CT molecular complexity index is 676. The lowest BCUT2D eigenvalue weighted by molar-refractivity contribution is -0.385. The number of rotatable bonds is 4. The summed E-state index contributed by atoms with van der Waals surface area (Å²) in [5.41, 5.74) is 0.551. The lowest BCUT2D eigenvalue weighted by Gasteiger charge is -2.09. The van der Waals surface area contributed by atoms with Crippen molar-refractivity contribution in [2.24, 2.45) is 0 Å². The van der Waals surface area contributed by atoms with E-state index in [0.717, 1.165) is 0 Å². The molecule has 0 unspecified atom stereocenters. The molecule has 0 spiro atoms. The van der Waals surface area contributed by atoms with Crippen LogP contribution in [0.4, 0.5) is 5.69 Å². The van der Waals surface area contributed by atoms with E-state index in [2.05, 4.69) is 0 Å². The number of fused-ring (bicyclic) bond motifs is 1. The highest BCUT2D eigenvalue weighted by Crippen LogP contribution is 2.25. The fourth-order valence-electron chi connectivity index (χ4n) is 1.86. The highest BCUT2D eigenvalue weighted by molar-refractivity contribution is 5.80. The summed E-state index contributed by atoms with van der Waals surface area (Å²) in [5.74, 6) is 0. The molecule has 6 heteroatoms. The second-order valence-electron chi connectivity index (χ2n) is 4.58. The first-order chi connectivity index (χ1) is 8.97. The maximum absolute atomic E-state index is 11.2. The largest absolute Gasteiger partial charge is 0.423 e.